The van der Waals surface area contributed by atoms with E-state index in [0.717, 1.165) is 17.1 Å². The molecular formula is C13H15N7O. The Morgan fingerprint density at radius 1 is 1.19 bits per heavy atom. The van der Waals surface area contributed by atoms with Gasteiger partial charge in [0.05, 0.1) is 49.7 Å². The van der Waals surface area contributed by atoms with Crippen molar-refractivity contribution < 1.29 is 5.11 Å². The fourth-order valence-corrected chi connectivity index (χ4v) is 1.98. The van der Waals surface area contributed by atoms with Gasteiger partial charge in [0.25, 0.3) is 0 Å². The number of hydrogen-bond donors (Lipinski definition) is 2. The normalized spacial score (nSPS) is 10.7. The summed E-state index contributed by atoms with van der Waals surface area (Å²) in [5.41, 5.74) is 2.65. The lowest BCUT2D eigenvalue weighted by Crippen LogP contribution is -2.05. The predicted molar refractivity (Wildman–Crippen MR) is 75.8 cm³/mol. The average Bonchev–Trinajstić information content (AvgIpc) is 3.17. The number of aromatic nitrogens is 6. The van der Waals surface area contributed by atoms with Crippen LogP contribution in [0.15, 0.2) is 42.9 Å². The molecule has 8 nitrogen and oxygen atoms in total. The number of rotatable bonds is 6. The zero-order chi connectivity index (χ0) is 14.5. The third kappa shape index (κ3) is 3.06. The highest BCUT2D eigenvalue weighted by Gasteiger charge is 2.06. The van der Waals surface area contributed by atoms with Crippen molar-refractivity contribution in [3.05, 3.63) is 48.5 Å². The Morgan fingerprint density at radius 2 is 2.10 bits per heavy atom. The molecule has 1 aromatic carbocycles. The van der Waals surface area contributed by atoms with Crippen LogP contribution >= 0.6 is 0 Å². The first-order valence-corrected chi connectivity index (χ1v) is 6.56. The van der Waals surface area contributed by atoms with Gasteiger partial charge < -0.3 is 10.4 Å². The van der Waals surface area contributed by atoms with Crippen molar-refractivity contribution in [2.45, 2.75) is 13.1 Å². The maximum Gasteiger partial charge on any atom is 0.102 e. The van der Waals surface area contributed by atoms with Gasteiger partial charge in [-0.2, -0.15) is 0 Å². The van der Waals surface area contributed by atoms with Gasteiger partial charge in [-0.1, -0.05) is 22.6 Å². The molecule has 0 unspecified atom stereocenters. The van der Waals surface area contributed by atoms with E-state index in [1.54, 1.807) is 28.0 Å². The summed E-state index contributed by atoms with van der Waals surface area (Å²) in [5.74, 6) is 0. The van der Waals surface area contributed by atoms with E-state index in [9.17, 15) is 0 Å². The zero-order valence-electron chi connectivity index (χ0n) is 11.3. The first kappa shape index (κ1) is 13.3. The molecule has 21 heavy (non-hydrogen) atoms. The maximum atomic E-state index is 8.86. The Morgan fingerprint density at radius 3 is 2.90 bits per heavy atom. The summed E-state index contributed by atoms with van der Waals surface area (Å²) in [4.78, 5) is 0. The van der Waals surface area contributed by atoms with E-state index in [4.69, 9.17) is 5.11 Å². The van der Waals surface area contributed by atoms with Gasteiger partial charge in [0.2, 0.25) is 0 Å². The number of aliphatic hydroxyl groups excluding tert-OH is 1. The van der Waals surface area contributed by atoms with E-state index in [0.29, 0.717) is 13.1 Å². The molecule has 0 fully saturated rings. The minimum atomic E-state index is 0.0470. The topological polar surface area (TPSA) is 93.7 Å². The number of hydrogen-bond acceptors (Lipinski definition) is 6. The number of nitrogens with zero attached hydrogens (tertiary/aromatic N) is 6. The standard InChI is InChI=1S/C13H15N7O/c21-8-7-19-10-11(16-18-19)9-14-12-3-1-2-4-13(12)20-6-5-15-17-20/h1-6,10,14,21H,7-9H2. The molecule has 3 aromatic rings. The quantitative estimate of drug-likeness (QED) is 0.683. The summed E-state index contributed by atoms with van der Waals surface area (Å²) in [7, 11) is 0. The van der Waals surface area contributed by atoms with Crippen LogP contribution < -0.4 is 5.32 Å². The van der Waals surface area contributed by atoms with Crippen LogP contribution in [0.4, 0.5) is 5.69 Å². The highest BCUT2D eigenvalue weighted by atomic mass is 16.3. The fourth-order valence-electron chi connectivity index (χ4n) is 1.98. The highest BCUT2D eigenvalue weighted by molar-refractivity contribution is 5.60. The molecule has 108 valence electrons. The van der Waals surface area contributed by atoms with Crippen molar-refractivity contribution in [2.75, 3.05) is 11.9 Å². The largest absolute Gasteiger partial charge is 0.394 e. The van der Waals surface area contributed by atoms with Crippen molar-refractivity contribution in [1.82, 2.24) is 30.0 Å². The van der Waals surface area contributed by atoms with Gasteiger partial charge in [0, 0.05) is 0 Å². The molecule has 2 N–H and O–H groups in total. The second-order valence-electron chi connectivity index (χ2n) is 4.41. The zero-order valence-corrected chi connectivity index (χ0v) is 11.3. The minimum absolute atomic E-state index is 0.0470. The molecular weight excluding hydrogens is 270 g/mol. The summed E-state index contributed by atoms with van der Waals surface area (Å²) < 4.78 is 3.31. The molecule has 2 aromatic heterocycles. The van der Waals surface area contributed by atoms with E-state index >= 15 is 0 Å². The van der Waals surface area contributed by atoms with Crippen LogP contribution in [0.25, 0.3) is 5.69 Å². The first-order valence-electron chi connectivity index (χ1n) is 6.56. The van der Waals surface area contributed by atoms with Crippen molar-refractivity contribution >= 4 is 5.69 Å². The first-order chi connectivity index (χ1) is 10.4. The maximum absolute atomic E-state index is 8.86. The molecule has 0 aliphatic rings. The predicted octanol–water partition coefficient (Wildman–Crippen LogP) is 0.463. The lowest BCUT2D eigenvalue weighted by Gasteiger charge is -2.10. The summed E-state index contributed by atoms with van der Waals surface area (Å²) in [5, 5.41) is 28.0. The minimum Gasteiger partial charge on any atom is -0.394 e. The number of aliphatic hydroxyl groups is 1. The van der Waals surface area contributed by atoms with Crippen LogP contribution in [-0.2, 0) is 13.1 Å². The monoisotopic (exact) mass is 285 g/mol. The molecule has 0 aliphatic carbocycles. The van der Waals surface area contributed by atoms with Crippen molar-refractivity contribution in [3.63, 3.8) is 0 Å². The number of anilines is 1. The molecule has 0 radical (unpaired) electrons. The molecule has 0 saturated carbocycles. The smallest absolute Gasteiger partial charge is 0.102 e. The van der Waals surface area contributed by atoms with Gasteiger partial charge in [-0.05, 0) is 12.1 Å². The van der Waals surface area contributed by atoms with Gasteiger partial charge in [-0.3, -0.25) is 0 Å². The van der Waals surface area contributed by atoms with Gasteiger partial charge in [0.1, 0.15) is 5.69 Å². The third-order valence-corrected chi connectivity index (χ3v) is 2.95. The number of para-hydroxylation sites is 2. The van der Waals surface area contributed by atoms with Crippen LogP contribution in [0.5, 0.6) is 0 Å². The summed E-state index contributed by atoms with van der Waals surface area (Å²) in [6.07, 6.45) is 5.23. The molecule has 0 amide bonds. The molecule has 0 aliphatic heterocycles. The molecule has 0 bridgehead atoms. The lowest BCUT2D eigenvalue weighted by molar-refractivity contribution is 0.268. The van der Waals surface area contributed by atoms with Crippen LogP contribution in [0, 0.1) is 0 Å². The highest BCUT2D eigenvalue weighted by Crippen LogP contribution is 2.19. The molecule has 8 heteroatoms. The lowest BCUT2D eigenvalue weighted by atomic mass is 10.2. The van der Waals surface area contributed by atoms with E-state index < -0.39 is 0 Å². The summed E-state index contributed by atoms with van der Waals surface area (Å²) in [6.45, 7) is 1.03. The van der Waals surface area contributed by atoms with Crippen molar-refractivity contribution in [2.24, 2.45) is 0 Å². The third-order valence-electron chi connectivity index (χ3n) is 2.95. The molecule has 2 heterocycles. The van der Waals surface area contributed by atoms with Crippen LogP contribution in [0.1, 0.15) is 5.69 Å². The Hall–Kier alpha value is -2.74. The van der Waals surface area contributed by atoms with Gasteiger partial charge >= 0.3 is 0 Å². The number of nitrogens with one attached hydrogen (secondary N) is 1. The number of benzene rings is 1. The summed E-state index contributed by atoms with van der Waals surface area (Å²) in [6, 6.07) is 7.82. The second kappa shape index (κ2) is 6.14. The Kier molecular flexibility index (Phi) is 3.88. The van der Waals surface area contributed by atoms with Crippen LogP contribution in [-0.4, -0.2) is 41.7 Å². The molecule has 0 atom stereocenters. The SMILES string of the molecule is OCCn1cc(CNc2ccccc2-n2ccnn2)nn1. The molecule has 0 spiro atoms. The van der Waals surface area contributed by atoms with E-state index in [1.807, 2.05) is 24.3 Å². The van der Waals surface area contributed by atoms with Gasteiger partial charge in [-0.15, -0.1) is 10.2 Å². The van der Waals surface area contributed by atoms with E-state index in [2.05, 4.69) is 25.9 Å². The fraction of sp³-hybridized carbons (Fsp3) is 0.231. The molecule has 3 rings (SSSR count). The molecule has 0 saturated heterocycles. The van der Waals surface area contributed by atoms with Crippen LogP contribution in [0.2, 0.25) is 0 Å². The van der Waals surface area contributed by atoms with Crippen molar-refractivity contribution in [1.29, 1.82) is 0 Å². The van der Waals surface area contributed by atoms with Crippen LogP contribution in [0.3, 0.4) is 0 Å². The van der Waals surface area contributed by atoms with Crippen molar-refractivity contribution in [3.8, 4) is 5.69 Å². The van der Waals surface area contributed by atoms with E-state index in [1.165, 1.54) is 0 Å². The summed E-state index contributed by atoms with van der Waals surface area (Å²) >= 11 is 0. The van der Waals surface area contributed by atoms with Gasteiger partial charge in [0.15, 0.2) is 0 Å². The Labute approximate surface area is 121 Å². The van der Waals surface area contributed by atoms with Gasteiger partial charge in [-0.25, -0.2) is 9.36 Å². The second-order valence-corrected chi connectivity index (χ2v) is 4.41. The Balaban J connectivity index is 1.73. The average molecular weight is 285 g/mol. The Bertz CT molecular complexity index is 692. The van der Waals surface area contributed by atoms with E-state index in [-0.39, 0.29) is 6.61 Å².